The van der Waals surface area contributed by atoms with Crippen molar-refractivity contribution in [2.45, 2.75) is 58.9 Å². The molecular formula is C23H28N4O2. The van der Waals surface area contributed by atoms with Crippen molar-refractivity contribution < 1.29 is 9.90 Å². The first-order valence-corrected chi connectivity index (χ1v) is 10.3. The number of hydrogen-bond donors (Lipinski definition) is 1. The summed E-state index contributed by atoms with van der Waals surface area (Å²) < 4.78 is 2.05. The van der Waals surface area contributed by atoms with E-state index in [9.17, 15) is 9.90 Å². The van der Waals surface area contributed by atoms with E-state index >= 15 is 0 Å². The largest absolute Gasteiger partial charge is 0.478 e. The van der Waals surface area contributed by atoms with E-state index < -0.39 is 5.97 Å². The molecule has 3 aromatic rings. The first-order chi connectivity index (χ1) is 14.1. The summed E-state index contributed by atoms with van der Waals surface area (Å²) in [5.41, 5.74) is 2.61. The van der Waals surface area contributed by atoms with Crippen molar-refractivity contribution >= 4 is 5.97 Å². The van der Waals surface area contributed by atoms with E-state index in [1.165, 1.54) is 0 Å². The molecule has 0 saturated heterocycles. The molecular weight excluding hydrogens is 364 g/mol. The summed E-state index contributed by atoms with van der Waals surface area (Å²) in [6.07, 6.45) is 7.67. The summed E-state index contributed by atoms with van der Waals surface area (Å²) >= 11 is 0. The van der Waals surface area contributed by atoms with Gasteiger partial charge in [-0.1, -0.05) is 51.0 Å². The van der Waals surface area contributed by atoms with Gasteiger partial charge in [0.2, 0.25) is 0 Å². The Morgan fingerprint density at radius 2 is 1.83 bits per heavy atom. The number of aromatic nitrogens is 4. The molecule has 6 nitrogen and oxygen atoms in total. The van der Waals surface area contributed by atoms with Gasteiger partial charge in [-0.2, -0.15) is 5.10 Å². The van der Waals surface area contributed by atoms with E-state index in [0.717, 1.165) is 61.4 Å². The lowest BCUT2D eigenvalue weighted by molar-refractivity contribution is 0.0697. The Morgan fingerprint density at radius 1 is 1.07 bits per heavy atom. The Bertz CT molecular complexity index is 948. The van der Waals surface area contributed by atoms with Gasteiger partial charge in [0.25, 0.3) is 0 Å². The minimum Gasteiger partial charge on any atom is -0.478 e. The number of carboxylic acid groups (broad SMARTS) is 1. The molecule has 0 spiro atoms. The molecule has 0 saturated carbocycles. The number of benzene rings is 1. The van der Waals surface area contributed by atoms with Gasteiger partial charge >= 0.3 is 5.97 Å². The number of hydrogen-bond acceptors (Lipinski definition) is 4. The average molecular weight is 393 g/mol. The quantitative estimate of drug-likeness (QED) is 0.537. The molecule has 0 atom stereocenters. The summed E-state index contributed by atoms with van der Waals surface area (Å²) in [6, 6.07) is 11.1. The predicted molar refractivity (Wildman–Crippen MR) is 113 cm³/mol. The molecule has 0 aliphatic rings. The molecule has 0 aliphatic heterocycles. The van der Waals surface area contributed by atoms with Crippen LogP contribution in [-0.4, -0.2) is 30.8 Å². The van der Waals surface area contributed by atoms with Gasteiger partial charge in [-0.05, 0) is 30.5 Å². The van der Waals surface area contributed by atoms with Crippen molar-refractivity contribution in [1.29, 1.82) is 0 Å². The minimum atomic E-state index is -0.971. The van der Waals surface area contributed by atoms with Crippen LogP contribution in [0.25, 0.3) is 11.3 Å². The highest BCUT2D eigenvalue weighted by atomic mass is 16.4. The molecule has 152 valence electrons. The van der Waals surface area contributed by atoms with Gasteiger partial charge in [-0.15, -0.1) is 0 Å². The van der Waals surface area contributed by atoms with Crippen LogP contribution in [0.15, 0.2) is 42.6 Å². The summed E-state index contributed by atoms with van der Waals surface area (Å²) in [5, 5.41) is 14.1. The van der Waals surface area contributed by atoms with Crippen LogP contribution in [0.4, 0.5) is 0 Å². The van der Waals surface area contributed by atoms with Crippen molar-refractivity contribution in [3.63, 3.8) is 0 Å². The third-order valence-electron chi connectivity index (χ3n) is 4.90. The number of unbranched alkanes of at least 4 members (excludes halogenated alkanes) is 2. The standard InChI is InChI=1S/C23H28N4O2/c1-3-5-9-20-25-21(27(26-20)15-6-4-2)16-17-10-12-18(13-11-17)22-19(23(28)29)8-7-14-24-22/h7-8,10-14H,3-6,9,15-16H2,1-2H3,(H,28,29). The number of pyridine rings is 1. The molecule has 2 aromatic heterocycles. The third kappa shape index (κ3) is 5.28. The van der Waals surface area contributed by atoms with Gasteiger partial charge in [0.15, 0.2) is 5.82 Å². The molecule has 0 bridgehead atoms. The summed E-state index contributed by atoms with van der Waals surface area (Å²) in [6.45, 7) is 5.24. The van der Waals surface area contributed by atoms with Gasteiger partial charge in [0.1, 0.15) is 5.82 Å². The minimum absolute atomic E-state index is 0.208. The van der Waals surface area contributed by atoms with E-state index in [-0.39, 0.29) is 5.56 Å². The number of carbonyl (C=O) groups is 1. The fourth-order valence-corrected chi connectivity index (χ4v) is 3.26. The lowest BCUT2D eigenvalue weighted by atomic mass is 10.0. The van der Waals surface area contributed by atoms with E-state index in [1.807, 2.05) is 28.9 Å². The normalized spacial score (nSPS) is 11.0. The van der Waals surface area contributed by atoms with Crippen molar-refractivity contribution in [3.05, 3.63) is 65.4 Å². The summed E-state index contributed by atoms with van der Waals surface area (Å²) in [7, 11) is 0. The lowest BCUT2D eigenvalue weighted by Gasteiger charge is -2.08. The van der Waals surface area contributed by atoms with E-state index in [1.54, 1.807) is 18.3 Å². The molecule has 0 aliphatic carbocycles. The lowest BCUT2D eigenvalue weighted by Crippen LogP contribution is -2.06. The second kappa shape index (κ2) is 9.96. The zero-order valence-electron chi connectivity index (χ0n) is 17.1. The molecule has 2 heterocycles. The van der Waals surface area contributed by atoms with Crippen LogP contribution in [0.3, 0.4) is 0 Å². The van der Waals surface area contributed by atoms with Gasteiger partial charge in [-0.3, -0.25) is 4.98 Å². The van der Waals surface area contributed by atoms with Crippen LogP contribution in [-0.2, 0) is 19.4 Å². The molecule has 0 radical (unpaired) electrons. The highest BCUT2D eigenvalue weighted by Gasteiger charge is 2.14. The zero-order chi connectivity index (χ0) is 20.6. The Balaban J connectivity index is 1.81. The van der Waals surface area contributed by atoms with E-state index in [0.29, 0.717) is 12.1 Å². The Labute approximate surface area is 171 Å². The van der Waals surface area contributed by atoms with Crippen LogP contribution in [0.2, 0.25) is 0 Å². The molecule has 0 fully saturated rings. The second-order valence-corrected chi connectivity index (χ2v) is 7.20. The molecule has 0 amide bonds. The number of carboxylic acids is 1. The average Bonchev–Trinajstić information content (AvgIpc) is 3.12. The van der Waals surface area contributed by atoms with Crippen molar-refractivity contribution in [3.8, 4) is 11.3 Å². The number of nitrogens with zero attached hydrogens (tertiary/aromatic N) is 4. The smallest absolute Gasteiger partial charge is 0.337 e. The van der Waals surface area contributed by atoms with Gasteiger partial charge in [-0.25, -0.2) is 14.5 Å². The second-order valence-electron chi connectivity index (χ2n) is 7.20. The number of aromatic carboxylic acids is 1. The number of aryl methyl sites for hydroxylation is 2. The first-order valence-electron chi connectivity index (χ1n) is 10.3. The molecule has 6 heteroatoms. The highest BCUT2D eigenvalue weighted by molar-refractivity contribution is 5.94. The maximum Gasteiger partial charge on any atom is 0.337 e. The molecule has 1 N–H and O–H groups in total. The highest BCUT2D eigenvalue weighted by Crippen LogP contribution is 2.22. The molecule has 3 rings (SSSR count). The van der Waals surface area contributed by atoms with E-state index in [4.69, 9.17) is 10.1 Å². The third-order valence-corrected chi connectivity index (χ3v) is 4.90. The molecule has 29 heavy (non-hydrogen) atoms. The van der Waals surface area contributed by atoms with Gasteiger partial charge in [0, 0.05) is 31.1 Å². The summed E-state index contributed by atoms with van der Waals surface area (Å²) in [5.74, 6) is 0.941. The molecule has 1 aromatic carbocycles. The van der Waals surface area contributed by atoms with Gasteiger partial charge in [0.05, 0.1) is 11.3 Å². The monoisotopic (exact) mass is 392 g/mol. The fraction of sp³-hybridized carbons (Fsp3) is 0.391. The molecule has 0 unspecified atom stereocenters. The zero-order valence-corrected chi connectivity index (χ0v) is 17.1. The van der Waals surface area contributed by atoms with Crippen molar-refractivity contribution in [2.75, 3.05) is 0 Å². The summed E-state index contributed by atoms with van der Waals surface area (Å²) in [4.78, 5) is 20.5. The SMILES string of the molecule is CCCCc1nc(Cc2ccc(-c3ncccc3C(=O)O)cc2)n(CCCC)n1. The predicted octanol–water partition coefficient (Wildman–Crippen LogP) is 4.77. The van der Waals surface area contributed by atoms with Crippen LogP contribution >= 0.6 is 0 Å². The first kappa shape index (κ1) is 20.7. The number of rotatable bonds is 10. The van der Waals surface area contributed by atoms with Crippen molar-refractivity contribution in [2.24, 2.45) is 0 Å². The van der Waals surface area contributed by atoms with Crippen LogP contribution in [0, 0.1) is 0 Å². The topological polar surface area (TPSA) is 80.9 Å². The van der Waals surface area contributed by atoms with Crippen LogP contribution in [0.5, 0.6) is 0 Å². The Hall–Kier alpha value is -3.02. The Kier molecular flexibility index (Phi) is 7.11. The fourth-order valence-electron chi connectivity index (χ4n) is 3.26. The van der Waals surface area contributed by atoms with E-state index in [2.05, 4.69) is 18.8 Å². The van der Waals surface area contributed by atoms with Gasteiger partial charge < -0.3 is 5.11 Å². The van der Waals surface area contributed by atoms with Crippen LogP contribution < -0.4 is 0 Å². The Morgan fingerprint density at radius 3 is 2.52 bits per heavy atom. The maximum atomic E-state index is 11.4. The van der Waals surface area contributed by atoms with Crippen molar-refractivity contribution in [1.82, 2.24) is 19.7 Å². The maximum absolute atomic E-state index is 11.4. The van der Waals surface area contributed by atoms with Crippen LogP contribution in [0.1, 0.15) is 67.1 Å².